The van der Waals surface area contributed by atoms with Crippen LogP contribution in [0, 0.1) is 10.1 Å². The Labute approximate surface area is 162 Å². The number of nitro groups is 1. The highest BCUT2D eigenvalue weighted by atomic mass is 16.6. The molecule has 0 atom stereocenters. The molecule has 0 saturated carbocycles. The van der Waals surface area contributed by atoms with E-state index in [1.807, 2.05) is 18.2 Å². The average molecular weight is 379 g/mol. The first kappa shape index (κ1) is 19.2. The number of rotatable bonds is 5. The van der Waals surface area contributed by atoms with Crippen molar-refractivity contribution in [3.63, 3.8) is 0 Å². The summed E-state index contributed by atoms with van der Waals surface area (Å²) >= 11 is 0. The van der Waals surface area contributed by atoms with Crippen molar-refractivity contribution in [2.75, 3.05) is 5.43 Å². The van der Waals surface area contributed by atoms with E-state index in [0.717, 1.165) is 37.0 Å². The van der Waals surface area contributed by atoms with Gasteiger partial charge in [-0.15, -0.1) is 0 Å². The van der Waals surface area contributed by atoms with Gasteiger partial charge in [0.15, 0.2) is 5.78 Å². The second-order valence-corrected chi connectivity index (χ2v) is 6.47. The molecule has 2 aromatic carbocycles. The lowest BCUT2D eigenvalue weighted by atomic mass is 10.0. The van der Waals surface area contributed by atoms with Crippen LogP contribution in [0.4, 0.5) is 11.4 Å². The van der Waals surface area contributed by atoms with E-state index >= 15 is 0 Å². The summed E-state index contributed by atoms with van der Waals surface area (Å²) in [6.07, 6.45) is 3.94. The summed E-state index contributed by atoms with van der Waals surface area (Å²) in [4.78, 5) is 22.3. The van der Waals surface area contributed by atoms with Gasteiger partial charge in [0.25, 0.3) is 5.69 Å². The van der Waals surface area contributed by atoms with Crippen LogP contribution in [0.5, 0.6) is 0 Å². The molecule has 1 aliphatic rings. The van der Waals surface area contributed by atoms with Crippen LogP contribution in [0.3, 0.4) is 0 Å². The minimum Gasteiger partial charge on any atom is -0.291 e. The number of nitrogens with one attached hydrogen (secondary N) is 2. The third kappa shape index (κ3) is 4.79. The summed E-state index contributed by atoms with van der Waals surface area (Å²) in [5.74, 6) is -0.273. The Balaban J connectivity index is 1.79. The van der Waals surface area contributed by atoms with Crippen LogP contribution < -0.4 is 10.9 Å². The second kappa shape index (κ2) is 8.90. The zero-order valence-electron chi connectivity index (χ0n) is 15.5. The molecule has 8 heteroatoms. The van der Waals surface area contributed by atoms with Gasteiger partial charge in [-0.1, -0.05) is 30.3 Å². The molecule has 1 aliphatic carbocycles. The molecule has 28 heavy (non-hydrogen) atoms. The zero-order valence-corrected chi connectivity index (χ0v) is 15.5. The fourth-order valence-corrected chi connectivity index (χ4v) is 2.99. The van der Waals surface area contributed by atoms with Gasteiger partial charge in [0.05, 0.1) is 16.3 Å². The van der Waals surface area contributed by atoms with Crippen molar-refractivity contribution in [1.29, 1.82) is 0 Å². The maximum atomic E-state index is 11.9. The van der Waals surface area contributed by atoms with Crippen molar-refractivity contribution in [3.8, 4) is 0 Å². The summed E-state index contributed by atoms with van der Waals surface area (Å²) in [5.41, 5.74) is 8.99. The Morgan fingerprint density at radius 3 is 2.68 bits per heavy atom. The van der Waals surface area contributed by atoms with E-state index in [0.29, 0.717) is 5.69 Å². The number of Topliss-reactive ketones (excluding diaryl/α,β-unsaturated/α-hetero) is 1. The van der Waals surface area contributed by atoms with E-state index in [9.17, 15) is 14.9 Å². The highest BCUT2D eigenvalue weighted by Gasteiger charge is 2.14. The van der Waals surface area contributed by atoms with E-state index in [1.54, 1.807) is 12.1 Å². The number of non-ortho nitro benzene ring substituents is 1. The number of hydrogen-bond acceptors (Lipinski definition) is 6. The largest absolute Gasteiger partial charge is 0.291 e. The van der Waals surface area contributed by atoms with Gasteiger partial charge in [0, 0.05) is 24.6 Å². The Bertz CT molecular complexity index is 952. The maximum Gasteiger partial charge on any atom is 0.271 e. The van der Waals surface area contributed by atoms with Gasteiger partial charge < -0.3 is 0 Å². The molecular weight excluding hydrogens is 358 g/mol. The lowest BCUT2D eigenvalue weighted by molar-refractivity contribution is -0.384. The van der Waals surface area contributed by atoms with Crippen molar-refractivity contribution in [1.82, 2.24) is 5.43 Å². The molecule has 8 nitrogen and oxygen atoms in total. The van der Waals surface area contributed by atoms with Crippen LogP contribution in [0.1, 0.15) is 37.3 Å². The molecule has 0 fully saturated rings. The number of benzene rings is 2. The second-order valence-electron chi connectivity index (χ2n) is 6.47. The molecule has 2 aromatic rings. The number of aryl methyl sites for hydroxylation is 1. The number of anilines is 1. The first-order chi connectivity index (χ1) is 13.5. The van der Waals surface area contributed by atoms with Gasteiger partial charge >= 0.3 is 0 Å². The summed E-state index contributed by atoms with van der Waals surface area (Å²) in [7, 11) is 0. The molecule has 2 N–H and O–H groups in total. The number of hydrazone groups is 2. The van der Waals surface area contributed by atoms with Crippen LogP contribution in [-0.4, -0.2) is 22.3 Å². The Morgan fingerprint density at radius 2 is 1.89 bits per heavy atom. The van der Waals surface area contributed by atoms with Crippen LogP contribution in [0.25, 0.3) is 0 Å². The minimum absolute atomic E-state index is 0.0285. The molecule has 0 unspecified atom stereocenters. The summed E-state index contributed by atoms with van der Waals surface area (Å²) in [6, 6.07) is 14.0. The summed E-state index contributed by atoms with van der Waals surface area (Å²) in [5, 5.41) is 19.3. The van der Waals surface area contributed by atoms with E-state index in [2.05, 4.69) is 27.1 Å². The Morgan fingerprint density at radius 1 is 1.11 bits per heavy atom. The molecule has 0 aliphatic heterocycles. The molecular formula is C20H21N5O3. The molecule has 0 bridgehead atoms. The molecule has 144 valence electrons. The number of hydrogen-bond donors (Lipinski definition) is 2. The molecule has 0 heterocycles. The lowest BCUT2D eigenvalue weighted by Crippen LogP contribution is -2.28. The monoisotopic (exact) mass is 379 g/mol. The molecule has 0 aromatic heterocycles. The van der Waals surface area contributed by atoms with E-state index < -0.39 is 4.92 Å². The van der Waals surface area contributed by atoms with Gasteiger partial charge in [-0.25, -0.2) is 0 Å². The third-order valence-electron chi connectivity index (χ3n) is 4.42. The Kier molecular flexibility index (Phi) is 6.11. The SMILES string of the molecule is CC(=O)/C(=N\Nc1cccc([N+](=O)[O-])c1)N/N=C1\CCCCc2ccccc21. The average Bonchev–Trinajstić information content (AvgIpc) is 2.90. The highest BCUT2D eigenvalue weighted by molar-refractivity contribution is 6.38. The van der Waals surface area contributed by atoms with Gasteiger partial charge in [0.1, 0.15) is 0 Å². The number of fused-ring (bicyclic) bond motifs is 1. The highest BCUT2D eigenvalue weighted by Crippen LogP contribution is 2.21. The van der Waals surface area contributed by atoms with E-state index in [4.69, 9.17) is 0 Å². The van der Waals surface area contributed by atoms with Crippen LogP contribution >= 0.6 is 0 Å². The van der Waals surface area contributed by atoms with Crippen molar-refractivity contribution in [2.45, 2.75) is 32.6 Å². The van der Waals surface area contributed by atoms with Crippen molar-refractivity contribution in [2.24, 2.45) is 10.2 Å². The smallest absolute Gasteiger partial charge is 0.271 e. The molecule has 0 spiro atoms. The number of carbonyl (C=O) groups excluding carboxylic acids is 1. The topological polar surface area (TPSA) is 109 Å². The molecule has 0 radical (unpaired) electrons. The predicted octanol–water partition coefficient (Wildman–Crippen LogP) is 3.63. The van der Waals surface area contributed by atoms with Gasteiger partial charge in [-0.3, -0.25) is 25.8 Å². The quantitative estimate of drug-likeness (QED) is 0.271. The first-order valence-electron chi connectivity index (χ1n) is 9.04. The number of carbonyl (C=O) groups is 1. The van der Waals surface area contributed by atoms with Crippen molar-refractivity contribution in [3.05, 3.63) is 69.8 Å². The fraction of sp³-hybridized carbons (Fsp3) is 0.250. The number of amidine groups is 1. The first-order valence-corrected chi connectivity index (χ1v) is 9.04. The lowest BCUT2D eigenvalue weighted by Gasteiger charge is -2.09. The standard InChI is InChI=1S/C20H21N5O3/c1-14(26)20(23-21-16-9-6-10-17(13-16)25(27)28)24-22-19-12-5-3-8-15-7-2-4-11-18(15)19/h2,4,6-7,9-11,13,21H,3,5,8,12H2,1H3,(H,23,24)/b22-19+. The van der Waals surface area contributed by atoms with Crippen LogP contribution in [-0.2, 0) is 11.2 Å². The number of nitrogens with zero attached hydrogens (tertiary/aromatic N) is 3. The molecule has 3 rings (SSSR count). The Hall–Kier alpha value is -3.55. The molecule has 0 amide bonds. The predicted molar refractivity (Wildman–Crippen MR) is 109 cm³/mol. The van der Waals surface area contributed by atoms with Gasteiger partial charge in [-0.2, -0.15) is 10.2 Å². The van der Waals surface area contributed by atoms with Gasteiger partial charge in [-0.05, 0) is 37.3 Å². The van der Waals surface area contributed by atoms with Crippen LogP contribution in [0.15, 0.2) is 58.7 Å². The van der Waals surface area contributed by atoms with Crippen molar-refractivity contribution < 1.29 is 9.72 Å². The fourth-order valence-electron chi connectivity index (χ4n) is 2.99. The zero-order chi connectivity index (χ0) is 19.9. The normalized spacial score (nSPS) is 15.5. The van der Waals surface area contributed by atoms with E-state index in [-0.39, 0.29) is 17.3 Å². The minimum atomic E-state index is -0.492. The summed E-state index contributed by atoms with van der Waals surface area (Å²) in [6.45, 7) is 1.38. The van der Waals surface area contributed by atoms with Gasteiger partial charge in [0.2, 0.25) is 5.84 Å². The summed E-state index contributed by atoms with van der Waals surface area (Å²) < 4.78 is 0. The number of nitro benzene ring substituents is 1. The van der Waals surface area contributed by atoms with E-state index in [1.165, 1.54) is 24.6 Å². The maximum absolute atomic E-state index is 11.9. The molecule has 0 saturated heterocycles. The van der Waals surface area contributed by atoms with Crippen LogP contribution in [0.2, 0.25) is 0 Å². The van der Waals surface area contributed by atoms with Crippen molar-refractivity contribution >= 4 is 28.7 Å². The third-order valence-corrected chi connectivity index (χ3v) is 4.42. The number of ketones is 1.